The zero-order chi connectivity index (χ0) is 13.1. The van der Waals surface area contributed by atoms with Crippen molar-refractivity contribution in [3.05, 3.63) is 34.9 Å². The van der Waals surface area contributed by atoms with Crippen LogP contribution < -0.4 is 5.32 Å². The Morgan fingerprint density at radius 3 is 2.79 bits per heavy atom. The minimum Gasteiger partial charge on any atom is -0.377 e. The van der Waals surface area contributed by atoms with E-state index >= 15 is 0 Å². The minimum atomic E-state index is 0.438. The quantitative estimate of drug-likeness (QED) is 0.906. The molecule has 1 aromatic rings. The van der Waals surface area contributed by atoms with Gasteiger partial charge >= 0.3 is 0 Å². The van der Waals surface area contributed by atoms with E-state index in [1.54, 1.807) is 0 Å². The lowest BCUT2D eigenvalue weighted by atomic mass is 9.76. The van der Waals surface area contributed by atoms with Crippen LogP contribution in [0.5, 0.6) is 0 Å². The first-order valence-corrected chi connectivity index (χ1v) is 7.80. The van der Waals surface area contributed by atoms with Crippen LogP contribution in [0.2, 0.25) is 5.02 Å². The van der Waals surface area contributed by atoms with Crippen molar-refractivity contribution in [2.45, 2.75) is 50.2 Å². The molecule has 2 nitrogen and oxygen atoms in total. The van der Waals surface area contributed by atoms with Gasteiger partial charge in [0.2, 0.25) is 0 Å². The van der Waals surface area contributed by atoms with E-state index in [1.165, 1.54) is 37.7 Å². The summed E-state index contributed by atoms with van der Waals surface area (Å²) in [4.78, 5) is 0. The molecule has 3 heteroatoms. The average molecular weight is 280 g/mol. The molecule has 3 rings (SSSR count). The zero-order valence-corrected chi connectivity index (χ0v) is 12.0. The molecular weight excluding hydrogens is 258 g/mol. The second kappa shape index (κ2) is 6.25. The van der Waals surface area contributed by atoms with Gasteiger partial charge in [0, 0.05) is 24.2 Å². The summed E-state index contributed by atoms with van der Waals surface area (Å²) < 4.78 is 5.74. The van der Waals surface area contributed by atoms with Crippen LogP contribution in [0, 0.1) is 0 Å². The molecule has 1 N–H and O–H groups in total. The molecule has 1 aromatic carbocycles. The fraction of sp³-hybridized carbons (Fsp3) is 0.625. The molecule has 1 unspecified atom stereocenters. The highest BCUT2D eigenvalue weighted by Crippen LogP contribution is 2.39. The zero-order valence-electron chi connectivity index (χ0n) is 11.3. The molecule has 0 bridgehead atoms. The highest BCUT2D eigenvalue weighted by atomic mass is 35.5. The van der Waals surface area contributed by atoms with Crippen LogP contribution in [0.25, 0.3) is 0 Å². The average Bonchev–Trinajstić information content (AvgIpc) is 2.40. The third-order valence-corrected chi connectivity index (χ3v) is 4.74. The van der Waals surface area contributed by atoms with Gasteiger partial charge in [0.1, 0.15) is 0 Å². The summed E-state index contributed by atoms with van der Waals surface area (Å²) in [6.07, 6.45) is 6.61. The van der Waals surface area contributed by atoms with Crippen molar-refractivity contribution >= 4 is 11.6 Å². The summed E-state index contributed by atoms with van der Waals surface area (Å²) in [5.41, 5.74) is 1.32. The second-order valence-corrected chi connectivity index (χ2v) is 6.19. The van der Waals surface area contributed by atoms with Gasteiger partial charge in [-0.3, -0.25) is 0 Å². The van der Waals surface area contributed by atoms with Gasteiger partial charge in [-0.2, -0.15) is 0 Å². The third-order valence-electron chi connectivity index (χ3n) is 4.39. The number of benzene rings is 1. The number of halogens is 1. The standard InChI is InChI=1S/C16H22ClNO/c17-16-7-2-1-6-15(16)12-9-13(10-12)18-11-14-5-3-4-8-19-14/h1-2,6-7,12-14,18H,3-5,8-11H2. The normalized spacial score (nSPS) is 30.9. The Morgan fingerprint density at radius 1 is 1.21 bits per heavy atom. The Hall–Kier alpha value is -0.570. The molecule has 1 aliphatic carbocycles. The topological polar surface area (TPSA) is 21.3 Å². The molecule has 1 aliphatic heterocycles. The maximum atomic E-state index is 6.24. The van der Waals surface area contributed by atoms with Crippen LogP contribution in [0.3, 0.4) is 0 Å². The molecule has 0 aromatic heterocycles. The lowest BCUT2D eigenvalue weighted by Gasteiger charge is -2.38. The largest absolute Gasteiger partial charge is 0.377 e. The van der Waals surface area contributed by atoms with E-state index in [2.05, 4.69) is 17.4 Å². The number of nitrogens with one attached hydrogen (secondary N) is 1. The van der Waals surface area contributed by atoms with E-state index in [4.69, 9.17) is 16.3 Å². The van der Waals surface area contributed by atoms with E-state index in [-0.39, 0.29) is 0 Å². The van der Waals surface area contributed by atoms with Gasteiger partial charge in [0.05, 0.1) is 6.10 Å². The summed E-state index contributed by atoms with van der Waals surface area (Å²) in [6, 6.07) is 8.88. The van der Waals surface area contributed by atoms with Gasteiger partial charge in [0.25, 0.3) is 0 Å². The monoisotopic (exact) mass is 279 g/mol. The molecule has 0 amide bonds. The number of hydrogen-bond donors (Lipinski definition) is 1. The fourth-order valence-electron chi connectivity index (χ4n) is 3.11. The fourth-order valence-corrected chi connectivity index (χ4v) is 3.40. The summed E-state index contributed by atoms with van der Waals surface area (Å²) in [5, 5.41) is 4.56. The van der Waals surface area contributed by atoms with Crippen molar-refractivity contribution in [2.24, 2.45) is 0 Å². The Kier molecular flexibility index (Phi) is 4.42. The van der Waals surface area contributed by atoms with Crippen LogP contribution in [0.4, 0.5) is 0 Å². The summed E-state index contributed by atoms with van der Waals surface area (Å²) in [7, 11) is 0. The van der Waals surface area contributed by atoms with Gasteiger partial charge in [-0.25, -0.2) is 0 Å². The SMILES string of the molecule is Clc1ccccc1C1CC(NCC2CCCCO2)C1. The molecule has 0 radical (unpaired) electrons. The number of hydrogen-bond acceptors (Lipinski definition) is 2. The van der Waals surface area contributed by atoms with Crippen LogP contribution in [-0.4, -0.2) is 25.3 Å². The van der Waals surface area contributed by atoms with E-state index in [9.17, 15) is 0 Å². The van der Waals surface area contributed by atoms with Crippen molar-refractivity contribution in [2.75, 3.05) is 13.2 Å². The van der Waals surface area contributed by atoms with Crippen molar-refractivity contribution in [1.29, 1.82) is 0 Å². The van der Waals surface area contributed by atoms with E-state index < -0.39 is 0 Å². The van der Waals surface area contributed by atoms with Crippen molar-refractivity contribution in [1.82, 2.24) is 5.32 Å². The van der Waals surface area contributed by atoms with E-state index in [0.29, 0.717) is 18.1 Å². The summed E-state index contributed by atoms with van der Waals surface area (Å²) >= 11 is 6.24. The predicted octanol–water partition coefficient (Wildman–Crippen LogP) is 3.74. The van der Waals surface area contributed by atoms with Gasteiger partial charge in [-0.05, 0) is 49.7 Å². The number of ether oxygens (including phenoxy) is 1. The van der Waals surface area contributed by atoms with Crippen LogP contribution >= 0.6 is 11.6 Å². The second-order valence-electron chi connectivity index (χ2n) is 5.78. The van der Waals surface area contributed by atoms with Gasteiger partial charge in [-0.15, -0.1) is 0 Å². The van der Waals surface area contributed by atoms with Crippen molar-refractivity contribution in [3.8, 4) is 0 Å². The molecule has 1 heterocycles. The number of rotatable bonds is 4. The molecule has 1 saturated heterocycles. The summed E-state index contributed by atoms with van der Waals surface area (Å²) in [6.45, 7) is 1.96. The summed E-state index contributed by atoms with van der Waals surface area (Å²) in [5.74, 6) is 0.637. The highest BCUT2D eigenvalue weighted by Gasteiger charge is 2.31. The lowest BCUT2D eigenvalue weighted by molar-refractivity contribution is 0.0132. The van der Waals surface area contributed by atoms with Gasteiger partial charge < -0.3 is 10.1 Å². The first-order chi connectivity index (χ1) is 9.33. The maximum absolute atomic E-state index is 6.24. The Labute approximate surface area is 120 Å². The van der Waals surface area contributed by atoms with Crippen LogP contribution in [-0.2, 0) is 4.74 Å². The third kappa shape index (κ3) is 3.31. The Morgan fingerprint density at radius 2 is 2.05 bits per heavy atom. The molecule has 1 saturated carbocycles. The molecule has 2 fully saturated rings. The lowest BCUT2D eigenvalue weighted by Crippen LogP contribution is -2.44. The van der Waals surface area contributed by atoms with Crippen LogP contribution in [0.1, 0.15) is 43.6 Å². The molecular formula is C16H22ClNO. The van der Waals surface area contributed by atoms with Crippen molar-refractivity contribution in [3.63, 3.8) is 0 Å². The molecule has 0 spiro atoms. The van der Waals surface area contributed by atoms with Crippen molar-refractivity contribution < 1.29 is 4.74 Å². The molecule has 19 heavy (non-hydrogen) atoms. The maximum Gasteiger partial charge on any atom is 0.0699 e. The first kappa shape index (κ1) is 13.4. The predicted molar refractivity (Wildman–Crippen MR) is 78.8 cm³/mol. The Balaban J connectivity index is 1.42. The van der Waals surface area contributed by atoms with E-state index in [1.807, 2.05) is 12.1 Å². The minimum absolute atomic E-state index is 0.438. The smallest absolute Gasteiger partial charge is 0.0699 e. The van der Waals surface area contributed by atoms with E-state index in [0.717, 1.165) is 18.2 Å². The molecule has 104 valence electrons. The van der Waals surface area contributed by atoms with Gasteiger partial charge in [0.15, 0.2) is 0 Å². The first-order valence-electron chi connectivity index (χ1n) is 7.42. The van der Waals surface area contributed by atoms with Crippen LogP contribution in [0.15, 0.2) is 24.3 Å². The molecule has 1 atom stereocenters. The highest BCUT2D eigenvalue weighted by molar-refractivity contribution is 6.31. The van der Waals surface area contributed by atoms with Gasteiger partial charge in [-0.1, -0.05) is 29.8 Å². The Bertz CT molecular complexity index is 411. The molecule has 2 aliphatic rings.